The number of hydrogen-bond acceptors (Lipinski definition) is 7. The number of ether oxygens (including phenoxy) is 1. The van der Waals surface area contributed by atoms with Gasteiger partial charge in [-0.3, -0.25) is 14.8 Å². The molecule has 0 aliphatic carbocycles. The van der Waals surface area contributed by atoms with Gasteiger partial charge in [-0.2, -0.15) is 0 Å². The van der Waals surface area contributed by atoms with Crippen LogP contribution in [0.4, 0.5) is 18.9 Å². The van der Waals surface area contributed by atoms with Crippen molar-refractivity contribution in [3.05, 3.63) is 107 Å². The third-order valence-corrected chi connectivity index (χ3v) is 8.08. The molecular formula is C35H30ClF3N6O3. The minimum atomic E-state index is -0.753. The Hall–Kier alpha value is -5.10. The number of carbonyl (C=O) groups excluding carboxylic acids is 2. The number of benzene rings is 2. The summed E-state index contributed by atoms with van der Waals surface area (Å²) in [5.41, 5.74) is 1.59. The number of halogens is 4. The van der Waals surface area contributed by atoms with Gasteiger partial charge in [0.2, 0.25) is 5.91 Å². The number of rotatable bonds is 4. The molecule has 5 aromatic rings. The second-order valence-electron chi connectivity index (χ2n) is 12.4. The van der Waals surface area contributed by atoms with E-state index in [0.717, 1.165) is 6.20 Å². The SMILES string of the molecule is CC(C)(C)OC(=O)c1cn(-c2ccc(Cl)c(F)c2-c2ccc(C3CCCCC(=O)Nc4ccc(F)cc4-c4cc3c(F)cn4)nc2)nn1. The van der Waals surface area contributed by atoms with Crippen molar-refractivity contribution in [2.24, 2.45) is 0 Å². The number of fused-ring (bicyclic) bond motifs is 4. The lowest BCUT2D eigenvalue weighted by molar-refractivity contribution is -0.116. The molecule has 2 aromatic carbocycles. The maximum atomic E-state index is 15.7. The van der Waals surface area contributed by atoms with Gasteiger partial charge in [-0.1, -0.05) is 29.3 Å². The average molecular weight is 675 g/mol. The number of aromatic nitrogens is 5. The minimum absolute atomic E-state index is 0.0582. The monoisotopic (exact) mass is 674 g/mol. The molecule has 0 saturated carbocycles. The summed E-state index contributed by atoms with van der Waals surface area (Å²) < 4.78 is 52.1. The maximum Gasteiger partial charge on any atom is 0.361 e. The Morgan fingerprint density at radius 3 is 2.58 bits per heavy atom. The summed E-state index contributed by atoms with van der Waals surface area (Å²) in [7, 11) is 0. The van der Waals surface area contributed by atoms with Crippen LogP contribution in [0.3, 0.4) is 0 Å². The molecular weight excluding hydrogens is 645 g/mol. The average Bonchev–Trinajstić information content (AvgIpc) is 3.53. The molecule has 0 radical (unpaired) electrons. The van der Waals surface area contributed by atoms with Crippen LogP contribution in [0.25, 0.3) is 28.1 Å². The molecule has 9 nitrogen and oxygen atoms in total. The highest BCUT2D eigenvalue weighted by atomic mass is 35.5. The summed E-state index contributed by atoms with van der Waals surface area (Å²) in [6.45, 7) is 5.17. The highest BCUT2D eigenvalue weighted by Crippen LogP contribution is 2.38. The summed E-state index contributed by atoms with van der Waals surface area (Å²) in [6, 6.07) is 11.7. The van der Waals surface area contributed by atoms with Crippen molar-refractivity contribution in [1.82, 2.24) is 25.0 Å². The number of amides is 1. The van der Waals surface area contributed by atoms with E-state index in [2.05, 4.69) is 25.6 Å². The standard InChI is InChI=1S/C35H30ClF3N6O3/c1-35(2,3)48-34(47)29-18-45(44-43-29)30-13-10-24(36)33(39)32(30)19-8-11-26(40-16-19)21-6-4-5-7-31(46)42-27-12-9-20(37)14-23(27)28-15-22(21)25(38)17-41-28/h8-18,21H,4-7H2,1-3H3,(H,42,46). The zero-order chi connectivity index (χ0) is 34.2. The summed E-state index contributed by atoms with van der Waals surface area (Å²) in [5, 5.41) is 10.6. The van der Waals surface area contributed by atoms with Crippen molar-refractivity contribution in [3.63, 3.8) is 0 Å². The van der Waals surface area contributed by atoms with Gasteiger partial charge in [0.15, 0.2) is 11.5 Å². The molecule has 2 bridgehead atoms. The van der Waals surface area contributed by atoms with Gasteiger partial charge in [0.05, 0.1) is 34.5 Å². The fourth-order valence-corrected chi connectivity index (χ4v) is 5.74. The number of nitrogens with one attached hydrogen (secondary N) is 1. The molecule has 48 heavy (non-hydrogen) atoms. The van der Waals surface area contributed by atoms with Crippen molar-refractivity contribution in [3.8, 4) is 28.1 Å². The van der Waals surface area contributed by atoms with Crippen molar-refractivity contribution >= 4 is 29.2 Å². The van der Waals surface area contributed by atoms with Crippen LogP contribution in [0, 0.1) is 17.5 Å². The van der Waals surface area contributed by atoms with Gasteiger partial charge >= 0.3 is 5.97 Å². The lowest BCUT2D eigenvalue weighted by atomic mass is 9.88. The van der Waals surface area contributed by atoms with Crippen LogP contribution < -0.4 is 5.32 Å². The molecule has 3 aromatic heterocycles. The fourth-order valence-electron chi connectivity index (χ4n) is 5.59. The molecule has 1 unspecified atom stereocenters. The van der Waals surface area contributed by atoms with Gasteiger partial charge in [0.25, 0.3) is 0 Å². The largest absolute Gasteiger partial charge is 0.455 e. The van der Waals surface area contributed by atoms with Crippen molar-refractivity contribution in [2.45, 2.75) is 58.0 Å². The molecule has 0 spiro atoms. The van der Waals surface area contributed by atoms with Crippen LogP contribution in [0.15, 0.2) is 67.1 Å². The lowest BCUT2D eigenvalue weighted by Crippen LogP contribution is -2.24. The van der Waals surface area contributed by atoms with E-state index in [4.69, 9.17) is 16.3 Å². The predicted octanol–water partition coefficient (Wildman–Crippen LogP) is 8.06. The topological polar surface area (TPSA) is 112 Å². The zero-order valence-electron chi connectivity index (χ0n) is 26.2. The number of pyridine rings is 2. The molecule has 246 valence electrons. The van der Waals surface area contributed by atoms with Gasteiger partial charge in [0, 0.05) is 46.5 Å². The van der Waals surface area contributed by atoms with Crippen molar-refractivity contribution < 1.29 is 27.5 Å². The Labute approximate surface area is 279 Å². The fraction of sp³-hybridized carbons (Fsp3) is 0.257. The number of nitrogens with zero attached hydrogens (tertiary/aromatic N) is 5. The second kappa shape index (κ2) is 13.2. The number of esters is 1. The van der Waals surface area contributed by atoms with Crippen LogP contribution >= 0.6 is 11.6 Å². The minimum Gasteiger partial charge on any atom is -0.455 e. The van der Waals surface area contributed by atoms with E-state index < -0.39 is 34.9 Å². The van der Waals surface area contributed by atoms with Gasteiger partial charge in [-0.15, -0.1) is 5.10 Å². The first-order chi connectivity index (χ1) is 22.9. The molecule has 0 fully saturated rings. The normalized spacial score (nSPS) is 15.1. The van der Waals surface area contributed by atoms with Gasteiger partial charge in [-0.25, -0.2) is 22.6 Å². The summed E-state index contributed by atoms with van der Waals surface area (Å²) in [4.78, 5) is 34.1. The Bertz CT molecular complexity index is 2030. The zero-order valence-corrected chi connectivity index (χ0v) is 27.0. The number of anilines is 1. The summed E-state index contributed by atoms with van der Waals surface area (Å²) in [6.07, 6.45) is 5.62. The molecule has 1 atom stereocenters. The molecule has 13 heteroatoms. The quantitative estimate of drug-likeness (QED) is 0.192. The Morgan fingerprint density at radius 1 is 1.02 bits per heavy atom. The van der Waals surface area contributed by atoms with Crippen LogP contribution in [0.2, 0.25) is 5.02 Å². The first-order valence-electron chi connectivity index (χ1n) is 15.2. The lowest BCUT2D eigenvalue weighted by Gasteiger charge is -2.21. The number of hydrogen-bond donors (Lipinski definition) is 1. The first-order valence-corrected chi connectivity index (χ1v) is 15.6. The van der Waals surface area contributed by atoms with E-state index in [0.29, 0.717) is 47.3 Å². The van der Waals surface area contributed by atoms with Crippen molar-refractivity contribution in [2.75, 3.05) is 5.32 Å². The van der Waals surface area contributed by atoms with Crippen LogP contribution in [0.5, 0.6) is 0 Å². The molecule has 6 rings (SSSR count). The van der Waals surface area contributed by atoms with E-state index in [1.54, 1.807) is 45.0 Å². The summed E-state index contributed by atoms with van der Waals surface area (Å²) in [5.74, 6) is -3.31. The first kappa shape index (κ1) is 32.8. The van der Waals surface area contributed by atoms with E-state index in [-0.39, 0.29) is 40.0 Å². The van der Waals surface area contributed by atoms with E-state index in [1.165, 1.54) is 41.3 Å². The number of carbonyl (C=O) groups is 2. The second-order valence-corrected chi connectivity index (χ2v) is 12.8. The van der Waals surface area contributed by atoms with Gasteiger partial charge in [0.1, 0.15) is 17.2 Å². The Kier molecular flexibility index (Phi) is 9.02. The highest BCUT2D eigenvalue weighted by molar-refractivity contribution is 6.31. The van der Waals surface area contributed by atoms with Crippen LogP contribution in [-0.4, -0.2) is 42.4 Å². The molecule has 4 heterocycles. The van der Waals surface area contributed by atoms with Gasteiger partial charge in [-0.05, 0) is 76.1 Å². The molecule has 1 N–H and O–H groups in total. The van der Waals surface area contributed by atoms with E-state index in [9.17, 15) is 14.0 Å². The van der Waals surface area contributed by atoms with Crippen LogP contribution in [0.1, 0.15) is 74.1 Å². The molecule has 1 amide bonds. The predicted molar refractivity (Wildman–Crippen MR) is 173 cm³/mol. The van der Waals surface area contributed by atoms with Crippen LogP contribution in [-0.2, 0) is 9.53 Å². The maximum absolute atomic E-state index is 15.7. The molecule has 0 saturated heterocycles. The highest BCUT2D eigenvalue weighted by Gasteiger charge is 2.25. The summed E-state index contributed by atoms with van der Waals surface area (Å²) >= 11 is 6.19. The Morgan fingerprint density at radius 2 is 1.83 bits per heavy atom. The van der Waals surface area contributed by atoms with Crippen molar-refractivity contribution in [1.29, 1.82) is 0 Å². The van der Waals surface area contributed by atoms with E-state index >= 15 is 8.78 Å². The molecule has 1 aliphatic heterocycles. The molecule has 1 aliphatic rings. The van der Waals surface area contributed by atoms with E-state index in [1.807, 2.05) is 0 Å². The smallest absolute Gasteiger partial charge is 0.361 e. The third kappa shape index (κ3) is 6.93. The third-order valence-electron chi connectivity index (χ3n) is 7.79. The van der Waals surface area contributed by atoms with Gasteiger partial charge < -0.3 is 10.1 Å². The Balaban J connectivity index is 1.39.